The van der Waals surface area contributed by atoms with Crippen LogP contribution in [0.5, 0.6) is 0 Å². The van der Waals surface area contributed by atoms with E-state index in [4.69, 9.17) is 0 Å². The maximum Gasteiger partial charge on any atom is 0.139 e. The van der Waals surface area contributed by atoms with Gasteiger partial charge in [0, 0.05) is 57.5 Å². The standard InChI is InChI=1S/C18H21N7/c1-23(2)18-15-11-14(3-4-16(15)20-13-22-18)24-7-9-25(10-8-24)17-5-6-19-12-21-17/h3-6,11-13H,7-10H2,1-2H3. The number of anilines is 3. The molecule has 7 heteroatoms. The maximum absolute atomic E-state index is 4.42. The van der Waals surface area contributed by atoms with Gasteiger partial charge in [0.1, 0.15) is 24.3 Å². The van der Waals surface area contributed by atoms with E-state index in [0.717, 1.165) is 48.7 Å². The van der Waals surface area contributed by atoms with Crippen molar-refractivity contribution >= 4 is 28.2 Å². The topological polar surface area (TPSA) is 61.3 Å². The number of aromatic nitrogens is 4. The maximum atomic E-state index is 4.42. The summed E-state index contributed by atoms with van der Waals surface area (Å²) < 4.78 is 0. The quantitative estimate of drug-likeness (QED) is 0.723. The molecule has 0 unspecified atom stereocenters. The highest BCUT2D eigenvalue weighted by atomic mass is 15.3. The van der Waals surface area contributed by atoms with Crippen molar-refractivity contribution in [3.05, 3.63) is 43.1 Å². The molecule has 0 spiro atoms. The molecular weight excluding hydrogens is 314 g/mol. The number of fused-ring (bicyclic) bond motifs is 1. The van der Waals surface area contributed by atoms with Crippen molar-refractivity contribution in [1.82, 2.24) is 19.9 Å². The summed E-state index contributed by atoms with van der Waals surface area (Å²) in [6, 6.07) is 8.39. The van der Waals surface area contributed by atoms with Crippen molar-refractivity contribution in [2.75, 3.05) is 55.0 Å². The Morgan fingerprint density at radius 2 is 1.68 bits per heavy atom. The third-order valence-corrected chi connectivity index (χ3v) is 4.56. The molecule has 0 atom stereocenters. The van der Waals surface area contributed by atoms with E-state index < -0.39 is 0 Å². The van der Waals surface area contributed by atoms with Gasteiger partial charge in [0.25, 0.3) is 0 Å². The van der Waals surface area contributed by atoms with Crippen molar-refractivity contribution in [2.45, 2.75) is 0 Å². The van der Waals surface area contributed by atoms with Crippen LogP contribution in [0.25, 0.3) is 10.9 Å². The van der Waals surface area contributed by atoms with E-state index in [1.165, 1.54) is 5.69 Å². The molecule has 1 fully saturated rings. The van der Waals surface area contributed by atoms with E-state index in [-0.39, 0.29) is 0 Å². The Balaban J connectivity index is 1.56. The molecule has 128 valence electrons. The average Bonchev–Trinajstić information content (AvgIpc) is 2.68. The van der Waals surface area contributed by atoms with Gasteiger partial charge in [-0.2, -0.15) is 0 Å². The molecular formula is C18H21N7. The smallest absolute Gasteiger partial charge is 0.139 e. The fourth-order valence-electron chi connectivity index (χ4n) is 3.25. The normalized spacial score (nSPS) is 14.8. The van der Waals surface area contributed by atoms with Gasteiger partial charge < -0.3 is 14.7 Å². The minimum atomic E-state index is 0.945. The molecule has 0 saturated carbocycles. The van der Waals surface area contributed by atoms with E-state index in [2.05, 4.69) is 47.9 Å². The fraction of sp³-hybridized carbons (Fsp3) is 0.333. The molecule has 1 saturated heterocycles. The summed E-state index contributed by atoms with van der Waals surface area (Å²) in [7, 11) is 4.02. The largest absolute Gasteiger partial charge is 0.368 e. The summed E-state index contributed by atoms with van der Waals surface area (Å²) in [6.07, 6.45) is 5.02. The molecule has 4 rings (SSSR count). The van der Waals surface area contributed by atoms with Gasteiger partial charge in [0.05, 0.1) is 5.52 Å². The van der Waals surface area contributed by atoms with Crippen LogP contribution in [0.3, 0.4) is 0 Å². The van der Waals surface area contributed by atoms with Crippen molar-refractivity contribution in [3.63, 3.8) is 0 Å². The first-order valence-electron chi connectivity index (χ1n) is 8.40. The number of rotatable bonds is 3. The average molecular weight is 335 g/mol. The lowest BCUT2D eigenvalue weighted by Gasteiger charge is -2.36. The predicted octanol–water partition coefficient (Wildman–Crippen LogP) is 1.81. The Hall–Kier alpha value is -2.96. The van der Waals surface area contributed by atoms with Crippen LogP contribution in [-0.2, 0) is 0 Å². The van der Waals surface area contributed by atoms with Crippen LogP contribution >= 0.6 is 0 Å². The van der Waals surface area contributed by atoms with Gasteiger partial charge in [-0.05, 0) is 24.3 Å². The summed E-state index contributed by atoms with van der Waals surface area (Å²) >= 11 is 0. The van der Waals surface area contributed by atoms with Gasteiger partial charge in [-0.1, -0.05) is 0 Å². The number of benzene rings is 1. The zero-order valence-electron chi connectivity index (χ0n) is 14.5. The minimum absolute atomic E-state index is 0.945. The SMILES string of the molecule is CN(C)c1ncnc2ccc(N3CCN(c4ccncn4)CC3)cc12. The van der Waals surface area contributed by atoms with Crippen molar-refractivity contribution in [1.29, 1.82) is 0 Å². The van der Waals surface area contributed by atoms with Crippen molar-refractivity contribution in [2.24, 2.45) is 0 Å². The predicted molar refractivity (Wildman–Crippen MR) is 100 cm³/mol. The third kappa shape index (κ3) is 3.05. The fourth-order valence-corrected chi connectivity index (χ4v) is 3.25. The molecule has 0 aliphatic carbocycles. The summed E-state index contributed by atoms with van der Waals surface area (Å²) in [5.41, 5.74) is 2.19. The third-order valence-electron chi connectivity index (χ3n) is 4.56. The van der Waals surface area contributed by atoms with Crippen molar-refractivity contribution < 1.29 is 0 Å². The second kappa shape index (κ2) is 6.51. The Morgan fingerprint density at radius 1 is 0.880 bits per heavy atom. The van der Waals surface area contributed by atoms with Crippen LogP contribution in [0, 0.1) is 0 Å². The molecule has 25 heavy (non-hydrogen) atoms. The van der Waals surface area contributed by atoms with Crippen LogP contribution in [0.15, 0.2) is 43.1 Å². The van der Waals surface area contributed by atoms with Gasteiger partial charge >= 0.3 is 0 Å². The summed E-state index contributed by atoms with van der Waals surface area (Å²) in [5, 5.41) is 1.09. The zero-order valence-corrected chi connectivity index (χ0v) is 14.5. The van der Waals surface area contributed by atoms with Gasteiger partial charge in [0.2, 0.25) is 0 Å². The monoisotopic (exact) mass is 335 g/mol. The Bertz CT molecular complexity index is 858. The van der Waals surface area contributed by atoms with Gasteiger partial charge in [0.15, 0.2) is 0 Å². The number of piperazine rings is 1. The van der Waals surface area contributed by atoms with Crippen LogP contribution in [-0.4, -0.2) is 60.2 Å². The lowest BCUT2D eigenvalue weighted by Crippen LogP contribution is -2.46. The summed E-state index contributed by atoms with van der Waals surface area (Å²) in [6.45, 7) is 3.81. The van der Waals surface area contributed by atoms with Gasteiger partial charge in [-0.3, -0.25) is 0 Å². The lowest BCUT2D eigenvalue weighted by molar-refractivity contribution is 0.647. The summed E-state index contributed by atoms with van der Waals surface area (Å²) in [5.74, 6) is 1.95. The molecule has 1 aliphatic heterocycles. The molecule has 0 amide bonds. The van der Waals surface area contributed by atoms with Crippen molar-refractivity contribution in [3.8, 4) is 0 Å². The molecule has 3 aromatic rings. The second-order valence-electron chi connectivity index (χ2n) is 6.33. The molecule has 0 radical (unpaired) electrons. The Morgan fingerprint density at radius 3 is 2.40 bits per heavy atom. The number of nitrogens with zero attached hydrogens (tertiary/aromatic N) is 7. The van der Waals surface area contributed by atoms with Crippen LogP contribution < -0.4 is 14.7 Å². The molecule has 1 aromatic carbocycles. The van der Waals surface area contributed by atoms with Gasteiger partial charge in [-0.15, -0.1) is 0 Å². The van der Waals surface area contributed by atoms with E-state index >= 15 is 0 Å². The lowest BCUT2D eigenvalue weighted by atomic mass is 10.1. The highest BCUT2D eigenvalue weighted by molar-refractivity contribution is 5.91. The number of hydrogen-bond donors (Lipinski definition) is 0. The Labute approximate surface area is 147 Å². The molecule has 2 aromatic heterocycles. The highest BCUT2D eigenvalue weighted by Gasteiger charge is 2.19. The molecule has 0 bridgehead atoms. The van der Waals surface area contributed by atoms with E-state index in [1.54, 1.807) is 18.9 Å². The van der Waals surface area contributed by atoms with E-state index in [9.17, 15) is 0 Å². The van der Waals surface area contributed by atoms with Crippen LogP contribution in [0.4, 0.5) is 17.3 Å². The second-order valence-corrected chi connectivity index (χ2v) is 6.33. The highest BCUT2D eigenvalue weighted by Crippen LogP contribution is 2.27. The minimum Gasteiger partial charge on any atom is -0.368 e. The van der Waals surface area contributed by atoms with E-state index in [1.807, 2.05) is 25.1 Å². The summed E-state index contributed by atoms with van der Waals surface area (Å²) in [4.78, 5) is 23.9. The molecule has 3 heterocycles. The molecule has 0 N–H and O–H groups in total. The first kappa shape index (κ1) is 15.6. The van der Waals surface area contributed by atoms with Gasteiger partial charge in [-0.25, -0.2) is 19.9 Å². The van der Waals surface area contributed by atoms with Crippen LogP contribution in [0.2, 0.25) is 0 Å². The Kier molecular flexibility index (Phi) is 4.05. The van der Waals surface area contributed by atoms with E-state index in [0.29, 0.717) is 0 Å². The molecule has 7 nitrogen and oxygen atoms in total. The van der Waals surface area contributed by atoms with Crippen LogP contribution in [0.1, 0.15) is 0 Å². The zero-order chi connectivity index (χ0) is 17.2. The first-order valence-corrected chi connectivity index (χ1v) is 8.40. The number of hydrogen-bond acceptors (Lipinski definition) is 7. The first-order chi connectivity index (χ1) is 12.2. The molecule has 1 aliphatic rings.